The molecule has 0 aliphatic heterocycles. The third kappa shape index (κ3) is 7.41. The van der Waals surface area contributed by atoms with E-state index in [2.05, 4.69) is 5.32 Å². The van der Waals surface area contributed by atoms with E-state index < -0.39 is 12.7 Å². The van der Waals surface area contributed by atoms with Crippen LogP contribution >= 0.6 is 12.2 Å². The standard InChI is InChI=1S/C9H17F3N2S/c1-3-5-13-8(15)14(6-4-2)7-9(10,11)12/h3-7H2,1-2H3,(H,13,15). The molecule has 0 fully saturated rings. The summed E-state index contributed by atoms with van der Waals surface area (Å²) in [4.78, 5) is 1.16. The predicted octanol–water partition coefficient (Wildman–Crippen LogP) is 2.55. The number of thiocarbonyl (C=S) groups is 1. The smallest absolute Gasteiger partial charge is 0.363 e. The molecule has 1 N–H and O–H groups in total. The van der Waals surface area contributed by atoms with Crippen LogP contribution < -0.4 is 5.32 Å². The average molecular weight is 242 g/mol. The maximum Gasteiger partial charge on any atom is 0.406 e. The Hall–Kier alpha value is -0.520. The van der Waals surface area contributed by atoms with Gasteiger partial charge in [0, 0.05) is 13.1 Å². The molecule has 0 saturated carbocycles. The molecule has 6 heteroatoms. The van der Waals surface area contributed by atoms with Crippen LogP contribution in [0.1, 0.15) is 26.7 Å². The average Bonchev–Trinajstić information content (AvgIpc) is 2.11. The molecule has 2 nitrogen and oxygen atoms in total. The van der Waals surface area contributed by atoms with Crippen LogP contribution in [0.3, 0.4) is 0 Å². The number of nitrogens with one attached hydrogen (secondary N) is 1. The lowest BCUT2D eigenvalue weighted by Gasteiger charge is -2.26. The lowest BCUT2D eigenvalue weighted by Crippen LogP contribution is -2.45. The van der Waals surface area contributed by atoms with Gasteiger partial charge in [0.15, 0.2) is 5.11 Å². The van der Waals surface area contributed by atoms with Crippen LogP contribution in [0.2, 0.25) is 0 Å². The summed E-state index contributed by atoms with van der Waals surface area (Å²) < 4.78 is 36.5. The zero-order valence-electron chi connectivity index (χ0n) is 9.02. The molecule has 0 saturated heterocycles. The quantitative estimate of drug-likeness (QED) is 0.746. The van der Waals surface area contributed by atoms with Crippen molar-refractivity contribution in [2.75, 3.05) is 19.6 Å². The second-order valence-electron chi connectivity index (χ2n) is 3.27. The van der Waals surface area contributed by atoms with Crippen molar-refractivity contribution in [2.45, 2.75) is 32.9 Å². The van der Waals surface area contributed by atoms with Crippen LogP contribution in [-0.2, 0) is 0 Å². The lowest BCUT2D eigenvalue weighted by atomic mass is 10.4. The Morgan fingerprint density at radius 2 is 1.87 bits per heavy atom. The Kier molecular flexibility index (Phi) is 6.63. The topological polar surface area (TPSA) is 15.3 Å². The monoisotopic (exact) mass is 242 g/mol. The zero-order chi connectivity index (χ0) is 11.9. The summed E-state index contributed by atoms with van der Waals surface area (Å²) in [5.74, 6) is 0. The van der Waals surface area contributed by atoms with E-state index in [9.17, 15) is 13.2 Å². The van der Waals surface area contributed by atoms with Crippen molar-refractivity contribution in [1.29, 1.82) is 0 Å². The molecular weight excluding hydrogens is 225 g/mol. The second-order valence-corrected chi connectivity index (χ2v) is 3.66. The highest BCUT2D eigenvalue weighted by atomic mass is 32.1. The molecule has 90 valence electrons. The number of rotatable bonds is 5. The Bertz CT molecular complexity index is 194. The van der Waals surface area contributed by atoms with Gasteiger partial charge in [-0.3, -0.25) is 0 Å². The van der Waals surface area contributed by atoms with Gasteiger partial charge < -0.3 is 10.2 Å². The van der Waals surface area contributed by atoms with Crippen molar-refractivity contribution in [3.63, 3.8) is 0 Å². The van der Waals surface area contributed by atoms with Crippen molar-refractivity contribution in [1.82, 2.24) is 10.2 Å². The maximum atomic E-state index is 12.2. The molecule has 0 amide bonds. The first-order valence-electron chi connectivity index (χ1n) is 5.00. The van der Waals surface area contributed by atoms with Gasteiger partial charge in [-0.1, -0.05) is 13.8 Å². The van der Waals surface area contributed by atoms with Gasteiger partial charge in [-0.25, -0.2) is 0 Å². The molecule has 0 bridgehead atoms. The molecule has 0 aromatic carbocycles. The minimum atomic E-state index is -4.20. The van der Waals surface area contributed by atoms with Crippen LogP contribution in [0.5, 0.6) is 0 Å². The van der Waals surface area contributed by atoms with E-state index >= 15 is 0 Å². The number of halogens is 3. The molecule has 0 heterocycles. The molecule has 0 spiro atoms. The number of hydrogen-bond acceptors (Lipinski definition) is 1. The second kappa shape index (κ2) is 6.87. The minimum absolute atomic E-state index is 0.191. The molecule has 0 aromatic heterocycles. The van der Waals surface area contributed by atoms with Crippen molar-refractivity contribution >= 4 is 17.3 Å². The summed E-state index contributed by atoms with van der Waals surface area (Å²) in [6.45, 7) is 3.72. The number of nitrogens with zero attached hydrogens (tertiary/aromatic N) is 1. The van der Waals surface area contributed by atoms with Gasteiger partial charge in [-0.2, -0.15) is 13.2 Å². The van der Waals surface area contributed by atoms with Crippen LogP contribution in [-0.4, -0.2) is 35.8 Å². The first-order chi connectivity index (χ1) is 6.90. The Morgan fingerprint density at radius 3 is 2.27 bits per heavy atom. The first-order valence-corrected chi connectivity index (χ1v) is 5.41. The zero-order valence-corrected chi connectivity index (χ0v) is 9.84. The Morgan fingerprint density at radius 1 is 1.27 bits per heavy atom. The van der Waals surface area contributed by atoms with Gasteiger partial charge in [0.1, 0.15) is 6.54 Å². The maximum absolute atomic E-state index is 12.2. The van der Waals surface area contributed by atoms with Gasteiger partial charge in [0.25, 0.3) is 0 Å². The summed E-state index contributed by atoms with van der Waals surface area (Å²) in [6, 6.07) is 0. The van der Waals surface area contributed by atoms with E-state index in [1.807, 2.05) is 13.8 Å². The molecule has 15 heavy (non-hydrogen) atoms. The van der Waals surface area contributed by atoms with E-state index in [1.54, 1.807) is 0 Å². The molecular formula is C9H17F3N2S. The molecule has 0 aromatic rings. The highest BCUT2D eigenvalue weighted by Crippen LogP contribution is 2.16. The van der Waals surface area contributed by atoms with Crippen molar-refractivity contribution in [3.05, 3.63) is 0 Å². The molecule has 0 radical (unpaired) electrons. The number of alkyl halides is 3. The summed E-state index contributed by atoms with van der Waals surface area (Å²) in [7, 11) is 0. The molecule has 0 aliphatic carbocycles. The third-order valence-electron chi connectivity index (χ3n) is 1.68. The SMILES string of the molecule is CCCNC(=S)N(CCC)CC(F)(F)F. The van der Waals surface area contributed by atoms with Crippen molar-refractivity contribution in [2.24, 2.45) is 0 Å². The molecule has 0 aliphatic rings. The normalized spacial score (nSPS) is 11.3. The molecule has 0 atom stereocenters. The molecule has 0 unspecified atom stereocenters. The number of hydrogen-bond donors (Lipinski definition) is 1. The summed E-state index contributed by atoms with van der Waals surface area (Å²) in [5, 5.41) is 2.99. The van der Waals surface area contributed by atoms with Crippen LogP contribution in [0.4, 0.5) is 13.2 Å². The van der Waals surface area contributed by atoms with E-state index in [0.717, 1.165) is 11.3 Å². The van der Waals surface area contributed by atoms with Crippen molar-refractivity contribution < 1.29 is 13.2 Å². The largest absolute Gasteiger partial charge is 0.406 e. The van der Waals surface area contributed by atoms with Crippen LogP contribution in [0, 0.1) is 0 Å². The van der Waals surface area contributed by atoms with Gasteiger partial charge in [-0.05, 0) is 25.1 Å². The fourth-order valence-corrected chi connectivity index (χ4v) is 1.34. The van der Waals surface area contributed by atoms with Crippen LogP contribution in [0.25, 0.3) is 0 Å². The van der Waals surface area contributed by atoms with Gasteiger partial charge >= 0.3 is 6.18 Å². The Balaban J connectivity index is 4.18. The van der Waals surface area contributed by atoms with Gasteiger partial charge in [0.2, 0.25) is 0 Å². The summed E-state index contributed by atoms with van der Waals surface area (Å²) >= 11 is 4.89. The highest BCUT2D eigenvalue weighted by molar-refractivity contribution is 7.80. The van der Waals surface area contributed by atoms with E-state index in [4.69, 9.17) is 12.2 Å². The summed E-state index contributed by atoms with van der Waals surface area (Å²) in [5.41, 5.74) is 0. The van der Waals surface area contributed by atoms with Crippen molar-refractivity contribution in [3.8, 4) is 0 Å². The van der Waals surface area contributed by atoms with Gasteiger partial charge in [0.05, 0.1) is 0 Å². The first kappa shape index (κ1) is 14.5. The van der Waals surface area contributed by atoms with E-state index in [1.165, 1.54) is 0 Å². The van der Waals surface area contributed by atoms with Gasteiger partial charge in [-0.15, -0.1) is 0 Å². The fraction of sp³-hybridized carbons (Fsp3) is 0.889. The van der Waals surface area contributed by atoms with E-state index in [-0.39, 0.29) is 5.11 Å². The van der Waals surface area contributed by atoms with Crippen LogP contribution in [0.15, 0.2) is 0 Å². The fourth-order valence-electron chi connectivity index (χ4n) is 1.08. The lowest BCUT2D eigenvalue weighted by molar-refractivity contribution is -0.137. The Labute approximate surface area is 93.8 Å². The molecule has 0 rings (SSSR count). The predicted molar refractivity (Wildman–Crippen MR) is 58.8 cm³/mol. The third-order valence-corrected chi connectivity index (χ3v) is 2.08. The van der Waals surface area contributed by atoms with E-state index in [0.29, 0.717) is 19.5 Å². The summed E-state index contributed by atoms with van der Waals surface area (Å²) in [6.07, 6.45) is -2.72. The minimum Gasteiger partial charge on any atom is -0.363 e. The highest BCUT2D eigenvalue weighted by Gasteiger charge is 2.31.